The zero-order chi connectivity index (χ0) is 18.7. The molecule has 1 aromatic carbocycles. The molecule has 1 heterocycles. The Morgan fingerprint density at radius 1 is 1.15 bits per heavy atom. The third-order valence-electron chi connectivity index (χ3n) is 4.23. The Bertz CT molecular complexity index is 935. The number of ether oxygens (including phenoxy) is 2. The summed E-state index contributed by atoms with van der Waals surface area (Å²) >= 11 is 0. The van der Waals surface area contributed by atoms with Crippen molar-refractivity contribution in [2.75, 3.05) is 13.7 Å². The Balaban J connectivity index is 2.16. The maximum absolute atomic E-state index is 12.6. The molecule has 0 radical (unpaired) electrons. The molecule has 0 bridgehead atoms. The minimum Gasteiger partial charge on any atom is -0.507 e. The molecule has 136 valence electrons. The monoisotopic (exact) mass is 356 g/mol. The van der Waals surface area contributed by atoms with Gasteiger partial charge in [-0.2, -0.15) is 0 Å². The largest absolute Gasteiger partial charge is 0.507 e. The first-order chi connectivity index (χ1) is 12.5. The summed E-state index contributed by atoms with van der Waals surface area (Å²) < 4.78 is 17.0. The normalized spacial score (nSPS) is 15.5. The van der Waals surface area contributed by atoms with Gasteiger partial charge < -0.3 is 19.0 Å². The number of benzene rings is 1. The molecule has 1 aromatic heterocycles. The fraction of sp³-hybridized carbons (Fsp3) is 0.300. The lowest BCUT2D eigenvalue weighted by Crippen LogP contribution is -2.29. The molecular weight excluding hydrogens is 336 g/mol. The van der Waals surface area contributed by atoms with Gasteiger partial charge in [-0.05, 0) is 30.7 Å². The van der Waals surface area contributed by atoms with Crippen LogP contribution in [0.25, 0.3) is 11.0 Å². The molecule has 0 saturated carbocycles. The molecule has 2 aromatic rings. The first-order valence-electron chi connectivity index (χ1n) is 8.41. The van der Waals surface area contributed by atoms with Crippen LogP contribution in [0.2, 0.25) is 0 Å². The van der Waals surface area contributed by atoms with Gasteiger partial charge in [-0.3, -0.25) is 9.59 Å². The van der Waals surface area contributed by atoms with Gasteiger partial charge in [0.05, 0.1) is 7.11 Å². The molecule has 0 atom stereocenters. The predicted molar refractivity (Wildman–Crippen MR) is 96.5 cm³/mol. The molecular formula is C20H20O6. The second-order valence-electron chi connectivity index (χ2n) is 6.06. The highest BCUT2D eigenvalue weighted by molar-refractivity contribution is 6.00. The molecule has 6 nitrogen and oxygen atoms in total. The van der Waals surface area contributed by atoms with Crippen molar-refractivity contribution >= 4 is 16.8 Å². The second kappa shape index (κ2) is 7.17. The summed E-state index contributed by atoms with van der Waals surface area (Å²) in [6.45, 7) is 2.47. The number of fused-ring (bicyclic) bond motifs is 1. The van der Waals surface area contributed by atoms with Crippen LogP contribution in [0, 0.1) is 0 Å². The molecule has 0 spiro atoms. The lowest BCUT2D eigenvalue weighted by atomic mass is 9.93. The zero-order valence-corrected chi connectivity index (χ0v) is 14.7. The molecule has 0 amide bonds. The van der Waals surface area contributed by atoms with E-state index in [0.29, 0.717) is 12.4 Å². The van der Waals surface area contributed by atoms with E-state index < -0.39 is 11.0 Å². The molecule has 1 aliphatic carbocycles. The van der Waals surface area contributed by atoms with Gasteiger partial charge in [-0.25, -0.2) is 0 Å². The van der Waals surface area contributed by atoms with Crippen molar-refractivity contribution in [3.8, 4) is 11.5 Å². The van der Waals surface area contributed by atoms with Crippen molar-refractivity contribution in [1.82, 2.24) is 0 Å². The number of methoxy groups -OCH3 is 1. The Labute approximate surface area is 150 Å². The zero-order valence-electron chi connectivity index (χ0n) is 14.7. The van der Waals surface area contributed by atoms with Crippen LogP contribution in [0.4, 0.5) is 0 Å². The average Bonchev–Trinajstić information content (AvgIpc) is 2.63. The van der Waals surface area contributed by atoms with Gasteiger partial charge in [-0.15, -0.1) is 0 Å². The van der Waals surface area contributed by atoms with Crippen molar-refractivity contribution in [1.29, 1.82) is 0 Å². The third-order valence-corrected chi connectivity index (χ3v) is 4.23. The highest BCUT2D eigenvalue weighted by Crippen LogP contribution is 2.35. The van der Waals surface area contributed by atoms with Crippen LogP contribution in [0.5, 0.6) is 11.5 Å². The summed E-state index contributed by atoms with van der Waals surface area (Å²) in [7, 11) is 1.45. The fourth-order valence-electron chi connectivity index (χ4n) is 2.79. The smallest absolute Gasteiger partial charge is 0.196 e. The molecule has 0 aliphatic heterocycles. The molecule has 0 saturated heterocycles. The Morgan fingerprint density at radius 2 is 1.88 bits per heavy atom. The van der Waals surface area contributed by atoms with Crippen molar-refractivity contribution in [2.24, 2.45) is 0 Å². The topological polar surface area (TPSA) is 86.0 Å². The highest BCUT2D eigenvalue weighted by atomic mass is 16.5. The molecule has 0 fully saturated rings. The third kappa shape index (κ3) is 3.28. The predicted octanol–water partition coefficient (Wildman–Crippen LogP) is 3.21. The second-order valence-corrected chi connectivity index (χ2v) is 6.06. The Hall–Kier alpha value is -2.86. The van der Waals surface area contributed by atoms with Crippen LogP contribution in [0.15, 0.2) is 51.7 Å². The highest BCUT2D eigenvalue weighted by Gasteiger charge is 2.34. The fourth-order valence-corrected chi connectivity index (χ4v) is 2.79. The number of aromatic hydroxyl groups is 1. The van der Waals surface area contributed by atoms with E-state index in [1.165, 1.54) is 37.5 Å². The standard InChI is InChI=1S/C20H20O6/c1-3-4-9-25-20(7-5-13(21)6-8-20)18-12-16(23)19-15(22)10-14(24-2)11-17(19)26-18/h5-8,10-12,22H,3-4,9H2,1-2H3. The van der Waals surface area contributed by atoms with Crippen LogP contribution in [-0.4, -0.2) is 24.6 Å². The van der Waals surface area contributed by atoms with Gasteiger partial charge in [0.1, 0.15) is 28.2 Å². The number of phenols is 1. The van der Waals surface area contributed by atoms with E-state index in [1.807, 2.05) is 6.92 Å². The van der Waals surface area contributed by atoms with E-state index in [2.05, 4.69) is 0 Å². The number of hydrogen-bond donors (Lipinski definition) is 1. The molecule has 3 rings (SSSR count). The van der Waals surface area contributed by atoms with Gasteiger partial charge in [0, 0.05) is 24.8 Å². The summed E-state index contributed by atoms with van der Waals surface area (Å²) in [6.07, 6.45) is 7.70. The van der Waals surface area contributed by atoms with E-state index >= 15 is 0 Å². The number of hydrogen-bond acceptors (Lipinski definition) is 6. The van der Waals surface area contributed by atoms with Crippen LogP contribution in [0.1, 0.15) is 25.5 Å². The molecule has 6 heteroatoms. The number of phenolic OH excluding ortho intramolecular Hbond substituents is 1. The van der Waals surface area contributed by atoms with Crippen molar-refractivity contribution < 1.29 is 23.8 Å². The number of carbonyl (C=O) groups is 1. The van der Waals surface area contributed by atoms with E-state index in [4.69, 9.17) is 13.9 Å². The van der Waals surface area contributed by atoms with Crippen LogP contribution >= 0.6 is 0 Å². The number of rotatable bonds is 6. The summed E-state index contributed by atoms with van der Waals surface area (Å²) in [5.74, 6) is 0.215. The summed E-state index contributed by atoms with van der Waals surface area (Å²) in [4.78, 5) is 24.1. The molecule has 1 aliphatic rings. The van der Waals surface area contributed by atoms with Gasteiger partial charge >= 0.3 is 0 Å². The quantitative estimate of drug-likeness (QED) is 0.800. The first-order valence-corrected chi connectivity index (χ1v) is 8.41. The van der Waals surface area contributed by atoms with Gasteiger partial charge in [0.15, 0.2) is 16.8 Å². The summed E-state index contributed by atoms with van der Waals surface area (Å²) in [6, 6.07) is 4.16. The minimum absolute atomic E-state index is 0.0677. The van der Waals surface area contributed by atoms with Gasteiger partial charge in [0.25, 0.3) is 0 Å². The number of carbonyl (C=O) groups excluding carboxylic acids is 1. The van der Waals surface area contributed by atoms with Crippen LogP contribution in [-0.2, 0) is 15.1 Å². The van der Waals surface area contributed by atoms with Crippen molar-refractivity contribution in [2.45, 2.75) is 25.4 Å². The number of allylic oxidation sites excluding steroid dienone is 2. The van der Waals surface area contributed by atoms with Crippen LogP contribution in [0.3, 0.4) is 0 Å². The van der Waals surface area contributed by atoms with Crippen LogP contribution < -0.4 is 10.2 Å². The van der Waals surface area contributed by atoms with Crippen molar-refractivity contribution in [3.05, 3.63) is 58.5 Å². The van der Waals surface area contributed by atoms with Crippen molar-refractivity contribution in [3.63, 3.8) is 0 Å². The summed E-state index contributed by atoms with van der Waals surface area (Å²) in [5, 5.41) is 10.2. The van der Waals surface area contributed by atoms with E-state index in [9.17, 15) is 14.7 Å². The number of unbranched alkanes of at least 4 members (excludes halogenated alkanes) is 1. The van der Waals surface area contributed by atoms with E-state index in [1.54, 1.807) is 12.2 Å². The maximum Gasteiger partial charge on any atom is 0.196 e. The Kier molecular flexibility index (Phi) is 4.95. The first kappa shape index (κ1) is 17.9. The minimum atomic E-state index is -1.14. The summed E-state index contributed by atoms with van der Waals surface area (Å²) in [5.41, 5.74) is -1.37. The molecule has 26 heavy (non-hydrogen) atoms. The lowest BCUT2D eigenvalue weighted by molar-refractivity contribution is -0.111. The molecule has 0 unspecified atom stereocenters. The number of ketones is 1. The maximum atomic E-state index is 12.6. The lowest BCUT2D eigenvalue weighted by Gasteiger charge is -2.28. The Morgan fingerprint density at radius 3 is 2.54 bits per heavy atom. The SMILES string of the molecule is CCCCOC1(c2cc(=O)c3c(O)cc(OC)cc3o2)C=CC(=O)C=C1. The average molecular weight is 356 g/mol. The van der Waals surface area contributed by atoms with E-state index in [-0.39, 0.29) is 28.3 Å². The van der Waals surface area contributed by atoms with Gasteiger partial charge in [-0.1, -0.05) is 13.3 Å². The molecule has 1 N–H and O–H groups in total. The van der Waals surface area contributed by atoms with Gasteiger partial charge in [0.2, 0.25) is 0 Å². The van der Waals surface area contributed by atoms with E-state index in [0.717, 1.165) is 12.8 Å².